The SMILES string of the molecule is C=CCNC(C#N)c1ccc(Cl)c(Cl)c1. The zero-order chi connectivity index (χ0) is 11.3. The monoisotopic (exact) mass is 240 g/mol. The molecule has 0 aliphatic rings. The summed E-state index contributed by atoms with van der Waals surface area (Å²) in [5, 5.41) is 12.9. The Labute approximate surface area is 99.1 Å². The van der Waals surface area contributed by atoms with Crippen LogP contribution in [0, 0.1) is 11.3 Å². The fourth-order valence-corrected chi connectivity index (χ4v) is 1.44. The molecule has 0 heterocycles. The molecule has 1 aromatic carbocycles. The molecule has 1 atom stereocenters. The van der Waals surface area contributed by atoms with Crippen molar-refractivity contribution >= 4 is 23.2 Å². The van der Waals surface area contributed by atoms with Crippen LogP contribution in [0.3, 0.4) is 0 Å². The standard InChI is InChI=1S/C11H10Cl2N2/c1-2-5-15-11(7-14)8-3-4-9(12)10(13)6-8/h2-4,6,11,15H,1,5H2. The van der Waals surface area contributed by atoms with Crippen molar-refractivity contribution in [2.45, 2.75) is 6.04 Å². The molecule has 78 valence electrons. The van der Waals surface area contributed by atoms with Gasteiger partial charge in [-0.2, -0.15) is 5.26 Å². The maximum absolute atomic E-state index is 8.94. The smallest absolute Gasteiger partial charge is 0.121 e. The molecule has 15 heavy (non-hydrogen) atoms. The van der Waals surface area contributed by atoms with E-state index in [-0.39, 0.29) is 0 Å². The lowest BCUT2D eigenvalue weighted by Crippen LogP contribution is -2.19. The lowest BCUT2D eigenvalue weighted by molar-refractivity contribution is 0.683. The Morgan fingerprint density at radius 3 is 2.73 bits per heavy atom. The fraction of sp³-hybridized carbons (Fsp3) is 0.182. The van der Waals surface area contributed by atoms with E-state index in [2.05, 4.69) is 18.0 Å². The first-order valence-corrected chi connectivity index (χ1v) is 5.13. The van der Waals surface area contributed by atoms with E-state index >= 15 is 0 Å². The van der Waals surface area contributed by atoms with Gasteiger partial charge in [0.05, 0.1) is 16.1 Å². The van der Waals surface area contributed by atoms with Gasteiger partial charge in [-0.25, -0.2) is 0 Å². The normalized spacial score (nSPS) is 11.8. The molecule has 0 aliphatic heterocycles. The van der Waals surface area contributed by atoms with Gasteiger partial charge in [0.25, 0.3) is 0 Å². The lowest BCUT2D eigenvalue weighted by atomic mass is 10.1. The number of halogens is 2. The van der Waals surface area contributed by atoms with Gasteiger partial charge in [0.1, 0.15) is 6.04 Å². The van der Waals surface area contributed by atoms with Gasteiger partial charge in [-0.05, 0) is 17.7 Å². The number of hydrogen-bond acceptors (Lipinski definition) is 2. The summed E-state index contributed by atoms with van der Waals surface area (Å²) in [5.41, 5.74) is 0.800. The molecule has 0 radical (unpaired) electrons. The van der Waals surface area contributed by atoms with Crippen LogP contribution in [0.2, 0.25) is 10.0 Å². The Hall–Kier alpha value is -1.01. The van der Waals surface area contributed by atoms with E-state index in [0.29, 0.717) is 16.6 Å². The summed E-state index contributed by atoms with van der Waals surface area (Å²) in [4.78, 5) is 0. The van der Waals surface area contributed by atoms with Crippen LogP contribution in [0.15, 0.2) is 30.9 Å². The van der Waals surface area contributed by atoms with Crippen LogP contribution >= 0.6 is 23.2 Å². The van der Waals surface area contributed by atoms with Crippen molar-refractivity contribution < 1.29 is 0 Å². The number of nitrogens with zero attached hydrogens (tertiary/aromatic N) is 1. The molecule has 0 aliphatic carbocycles. The highest BCUT2D eigenvalue weighted by molar-refractivity contribution is 6.42. The van der Waals surface area contributed by atoms with Crippen molar-refractivity contribution in [3.05, 3.63) is 46.5 Å². The molecule has 0 bridgehead atoms. The third-order valence-corrected chi connectivity index (χ3v) is 2.61. The lowest BCUT2D eigenvalue weighted by Gasteiger charge is -2.10. The summed E-state index contributed by atoms with van der Waals surface area (Å²) < 4.78 is 0. The molecule has 0 saturated heterocycles. The maximum Gasteiger partial charge on any atom is 0.121 e. The number of nitrogens with one attached hydrogen (secondary N) is 1. The first kappa shape index (κ1) is 12.1. The first-order valence-electron chi connectivity index (χ1n) is 4.38. The molecule has 1 aromatic rings. The Morgan fingerprint density at radius 1 is 1.47 bits per heavy atom. The summed E-state index contributed by atoms with van der Waals surface area (Å²) in [7, 11) is 0. The van der Waals surface area contributed by atoms with Crippen molar-refractivity contribution in [2.75, 3.05) is 6.54 Å². The second-order valence-electron chi connectivity index (χ2n) is 2.93. The van der Waals surface area contributed by atoms with Crippen molar-refractivity contribution in [3.8, 4) is 6.07 Å². The molecule has 1 unspecified atom stereocenters. The Morgan fingerprint density at radius 2 is 2.20 bits per heavy atom. The molecular weight excluding hydrogens is 231 g/mol. The molecule has 0 aromatic heterocycles. The maximum atomic E-state index is 8.94. The van der Waals surface area contributed by atoms with Gasteiger partial charge in [-0.15, -0.1) is 6.58 Å². The minimum atomic E-state index is -0.391. The van der Waals surface area contributed by atoms with Crippen LogP contribution < -0.4 is 5.32 Å². The Bertz CT molecular complexity index is 396. The van der Waals surface area contributed by atoms with Gasteiger partial charge < -0.3 is 0 Å². The van der Waals surface area contributed by atoms with Crippen LogP contribution in [-0.2, 0) is 0 Å². The Balaban J connectivity index is 2.88. The van der Waals surface area contributed by atoms with E-state index in [9.17, 15) is 0 Å². The van der Waals surface area contributed by atoms with E-state index in [1.54, 1.807) is 24.3 Å². The number of rotatable bonds is 4. The molecule has 0 saturated carbocycles. The predicted octanol–water partition coefficient (Wildman–Crippen LogP) is 3.33. The van der Waals surface area contributed by atoms with Crippen molar-refractivity contribution in [1.82, 2.24) is 5.32 Å². The van der Waals surface area contributed by atoms with Gasteiger partial charge in [0.15, 0.2) is 0 Å². The molecule has 1 rings (SSSR count). The highest BCUT2D eigenvalue weighted by Crippen LogP contribution is 2.25. The molecule has 0 fully saturated rings. The molecule has 1 N–H and O–H groups in total. The average molecular weight is 241 g/mol. The summed E-state index contributed by atoms with van der Waals surface area (Å²) >= 11 is 11.6. The van der Waals surface area contributed by atoms with Crippen LogP contribution in [0.1, 0.15) is 11.6 Å². The quantitative estimate of drug-likeness (QED) is 0.820. The van der Waals surface area contributed by atoms with E-state index in [0.717, 1.165) is 5.56 Å². The van der Waals surface area contributed by atoms with Gasteiger partial charge in [0.2, 0.25) is 0 Å². The van der Waals surface area contributed by atoms with Gasteiger partial charge in [0, 0.05) is 6.54 Å². The topological polar surface area (TPSA) is 35.8 Å². The van der Waals surface area contributed by atoms with Crippen molar-refractivity contribution in [2.24, 2.45) is 0 Å². The molecule has 2 nitrogen and oxygen atoms in total. The van der Waals surface area contributed by atoms with Crippen molar-refractivity contribution in [3.63, 3.8) is 0 Å². The zero-order valence-electron chi connectivity index (χ0n) is 8.00. The van der Waals surface area contributed by atoms with E-state index in [1.165, 1.54) is 0 Å². The van der Waals surface area contributed by atoms with Crippen LogP contribution in [-0.4, -0.2) is 6.54 Å². The highest BCUT2D eigenvalue weighted by Gasteiger charge is 2.10. The summed E-state index contributed by atoms with van der Waals surface area (Å²) in [6, 6.07) is 6.89. The number of hydrogen-bond donors (Lipinski definition) is 1. The third-order valence-electron chi connectivity index (χ3n) is 1.87. The predicted molar refractivity (Wildman–Crippen MR) is 63.0 cm³/mol. The van der Waals surface area contributed by atoms with Crippen molar-refractivity contribution in [1.29, 1.82) is 5.26 Å². The average Bonchev–Trinajstić information content (AvgIpc) is 2.24. The van der Waals surface area contributed by atoms with E-state index < -0.39 is 6.04 Å². The van der Waals surface area contributed by atoms with Crippen LogP contribution in [0.4, 0.5) is 0 Å². The highest BCUT2D eigenvalue weighted by atomic mass is 35.5. The largest absolute Gasteiger partial charge is 0.295 e. The zero-order valence-corrected chi connectivity index (χ0v) is 9.52. The number of nitriles is 1. The van der Waals surface area contributed by atoms with Crippen LogP contribution in [0.5, 0.6) is 0 Å². The molecule has 0 spiro atoms. The molecular formula is C11H10Cl2N2. The molecule has 0 amide bonds. The summed E-state index contributed by atoms with van der Waals surface area (Å²) in [6.45, 7) is 4.14. The summed E-state index contributed by atoms with van der Waals surface area (Å²) in [5.74, 6) is 0. The van der Waals surface area contributed by atoms with E-state index in [4.69, 9.17) is 28.5 Å². The summed E-state index contributed by atoms with van der Waals surface area (Å²) in [6.07, 6.45) is 1.70. The van der Waals surface area contributed by atoms with Gasteiger partial charge in [-0.3, -0.25) is 5.32 Å². The second-order valence-corrected chi connectivity index (χ2v) is 3.75. The second kappa shape index (κ2) is 5.77. The van der Waals surface area contributed by atoms with Gasteiger partial charge >= 0.3 is 0 Å². The number of benzene rings is 1. The Kier molecular flexibility index (Phi) is 4.64. The van der Waals surface area contributed by atoms with Gasteiger partial charge in [-0.1, -0.05) is 35.3 Å². The first-order chi connectivity index (χ1) is 7.19. The fourth-order valence-electron chi connectivity index (χ4n) is 1.13. The minimum absolute atomic E-state index is 0.391. The van der Waals surface area contributed by atoms with Crippen LogP contribution in [0.25, 0.3) is 0 Å². The molecule has 4 heteroatoms. The van der Waals surface area contributed by atoms with E-state index in [1.807, 2.05) is 0 Å². The third kappa shape index (κ3) is 3.24. The minimum Gasteiger partial charge on any atom is -0.295 e.